The van der Waals surface area contributed by atoms with Crippen LogP contribution in [0.2, 0.25) is 5.02 Å². The third-order valence-electron chi connectivity index (χ3n) is 4.22. The lowest BCUT2D eigenvalue weighted by Crippen LogP contribution is -2.48. The number of amides is 2. The van der Waals surface area contributed by atoms with Gasteiger partial charge >= 0.3 is 6.03 Å². The molecule has 0 aliphatic rings. The molecule has 2 amide bonds. The van der Waals surface area contributed by atoms with Gasteiger partial charge in [-0.2, -0.15) is 0 Å². The first-order valence-electron chi connectivity index (χ1n) is 8.48. The number of hydrogen-bond donors (Lipinski definition) is 3. The van der Waals surface area contributed by atoms with Crippen LogP contribution >= 0.6 is 11.6 Å². The quantitative estimate of drug-likeness (QED) is 0.346. The van der Waals surface area contributed by atoms with Gasteiger partial charge in [0.05, 0.1) is 11.4 Å². The van der Waals surface area contributed by atoms with Crippen LogP contribution in [0.5, 0.6) is 5.75 Å². The number of nitrogens with one attached hydrogen (secondary N) is 1. The van der Waals surface area contributed by atoms with Crippen molar-refractivity contribution in [2.45, 2.75) is 13.5 Å². The van der Waals surface area contributed by atoms with Crippen molar-refractivity contribution in [2.75, 3.05) is 5.01 Å². The number of carbonyl (C=O) groups is 1. The van der Waals surface area contributed by atoms with Crippen LogP contribution in [0.4, 0.5) is 10.5 Å². The third-order valence-corrected chi connectivity index (χ3v) is 4.46. The van der Waals surface area contributed by atoms with Crippen molar-refractivity contribution >= 4 is 23.3 Å². The van der Waals surface area contributed by atoms with Gasteiger partial charge in [0.25, 0.3) is 0 Å². The number of carbonyl (C=O) groups excluding carboxylic acids is 1. The van der Waals surface area contributed by atoms with Crippen LogP contribution in [-0.4, -0.2) is 11.0 Å². The fourth-order valence-corrected chi connectivity index (χ4v) is 2.93. The summed E-state index contributed by atoms with van der Waals surface area (Å²) in [7, 11) is 0. The fourth-order valence-electron chi connectivity index (χ4n) is 2.74. The second-order valence-corrected chi connectivity index (χ2v) is 6.50. The molecule has 0 fully saturated rings. The summed E-state index contributed by atoms with van der Waals surface area (Å²) in [5.41, 5.74) is 5.86. The molecule has 0 aliphatic carbocycles. The first-order valence-corrected chi connectivity index (χ1v) is 8.86. The van der Waals surface area contributed by atoms with Gasteiger partial charge < -0.3 is 4.74 Å². The summed E-state index contributed by atoms with van der Waals surface area (Å²) < 4.78 is 5.95. The number of anilines is 1. The lowest BCUT2D eigenvalue weighted by molar-refractivity contribution is 0.246. The average Bonchev–Trinajstić information content (AvgIpc) is 2.71. The Bertz CT molecular complexity index is 996. The van der Waals surface area contributed by atoms with E-state index in [1.807, 2.05) is 48.7 Å². The zero-order chi connectivity index (χ0) is 20.1. The zero-order valence-corrected chi connectivity index (χ0v) is 16.0. The van der Waals surface area contributed by atoms with Gasteiger partial charge in [0.15, 0.2) is 0 Å². The molecule has 8 heteroatoms. The molecule has 0 radical (unpaired) electrons. The van der Waals surface area contributed by atoms with Gasteiger partial charge in [0, 0.05) is 28.4 Å². The predicted octanol–water partition coefficient (Wildman–Crippen LogP) is 3.55. The number of hydrazine groups is 2. The molecule has 28 heavy (non-hydrogen) atoms. The van der Waals surface area contributed by atoms with E-state index >= 15 is 0 Å². The van der Waals surface area contributed by atoms with Crippen molar-refractivity contribution in [1.82, 2.24) is 10.4 Å². The molecule has 5 N–H and O–H groups in total. The summed E-state index contributed by atoms with van der Waals surface area (Å²) in [5.74, 6) is 11.7. The van der Waals surface area contributed by atoms with E-state index in [2.05, 4.69) is 4.98 Å². The Morgan fingerprint density at radius 2 is 2.00 bits per heavy atom. The number of nitrogens with two attached hydrogens (primary N) is 2. The number of aromatic nitrogens is 1. The molecule has 0 unspecified atom stereocenters. The highest BCUT2D eigenvalue weighted by Crippen LogP contribution is 2.27. The second-order valence-electron chi connectivity index (χ2n) is 6.07. The van der Waals surface area contributed by atoms with Crippen molar-refractivity contribution in [3.63, 3.8) is 0 Å². The number of ether oxygens (including phenoxy) is 1. The Balaban J connectivity index is 1.83. The molecule has 0 spiro atoms. The molecule has 1 heterocycles. The summed E-state index contributed by atoms with van der Waals surface area (Å²) in [4.78, 5) is 16.2. The minimum atomic E-state index is -0.626. The number of nitrogens with zero attached hydrogens (tertiary/aromatic N) is 2. The van der Waals surface area contributed by atoms with Crippen LogP contribution in [0.3, 0.4) is 0 Å². The smallest absolute Gasteiger partial charge is 0.350 e. The first kappa shape index (κ1) is 19.6. The normalized spacial score (nSPS) is 10.4. The molecule has 0 saturated carbocycles. The molecular formula is C20H20ClN5O2. The van der Waals surface area contributed by atoms with Crippen LogP contribution < -0.4 is 26.9 Å². The van der Waals surface area contributed by atoms with Gasteiger partial charge in [-0.25, -0.2) is 21.5 Å². The zero-order valence-electron chi connectivity index (χ0n) is 15.2. The maximum absolute atomic E-state index is 11.8. The van der Waals surface area contributed by atoms with E-state index < -0.39 is 6.03 Å². The van der Waals surface area contributed by atoms with E-state index in [0.717, 1.165) is 27.4 Å². The average molecular weight is 398 g/mol. The standard InChI is InChI=1S/C20H20ClN5O2/c1-13-4-2-7-19(26(23)20(27)25-22)17(13)12-28-16-8-9-24-18(11-16)14-5-3-6-15(21)10-14/h2-11H,12,22-23H2,1H3,(H,25,27). The van der Waals surface area contributed by atoms with E-state index in [0.29, 0.717) is 16.5 Å². The van der Waals surface area contributed by atoms with Crippen LogP contribution in [0.25, 0.3) is 11.3 Å². The van der Waals surface area contributed by atoms with Gasteiger partial charge in [0.1, 0.15) is 12.4 Å². The van der Waals surface area contributed by atoms with E-state index in [1.54, 1.807) is 24.4 Å². The summed E-state index contributed by atoms with van der Waals surface area (Å²) >= 11 is 6.06. The number of hydrogen-bond acceptors (Lipinski definition) is 5. The highest BCUT2D eigenvalue weighted by molar-refractivity contribution is 6.30. The van der Waals surface area contributed by atoms with E-state index in [-0.39, 0.29) is 6.61 Å². The topological polar surface area (TPSA) is 106 Å². The molecule has 0 saturated heterocycles. The molecule has 7 nitrogen and oxygen atoms in total. The SMILES string of the molecule is Cc1cccc(N(N)C(=O)NN)c1COc1ccnc(-c2cccc(Cl)c2)c1. The van der Waals surface area contributed by atoms with Gasteiger partial charge in [-0.1, -0.05) is 35.9 Å². The maximum atomic E-state index is 11.8. The third kappa shape index (κ3) is 4.40. The number of urea groups is 1. The Morgan fingerprint density at radius 1 is 1.21 bits per heavy atom. The first-order chi connectivity index (χ1) is 13.5. The Labute approximate surface area is 167 Å². The number of benzene rings is 2. The minimum absolute atomic E-state index is 0.215. The Hall–Kier alpha value is -3.13. The number of rotatable bonds is 5. The fraction of sp³-hybridized carbons (Fsp3) is 0.100. The highest BCUT2D eigenvalue weighted by Gasteiger charge is 2.16. The van der Waals surface area contributed by atoms with E-state index in [4.69, 9.17) is 28.0 Å². The van der Waals surface area contributed by atoms with Crippen LogP contribution in [-0.2, 0) is 6.61 Å². The van der Waals surface area contributed by atoms with E-state index in [9.17, 15) is 4.79 Å². The number of pyridine rings is 1. The van der Waals surface area contributed by atoms with Crippen LogP contribution in [0.15, 0.2) is 60.8 Å². The van der Waals surface area contributed by atoms with Gasteiger partial charge in [-0.05, 0) is 36.8 Å². The summed E-state index contributed by atoms with van der Waals surface area (Å²) in [6, 6.07) is 15.9. The molecule has 3 aromatic rings. The number of aryl methyl sites for hydroxylation is 1. The van der Waals surface area contributed by atoms with Crippen molar-refractivity contribution in [1.29, 1.82) is 0 Å². The molecule has 0 bridgehead atoms. The van der Waals surface area contributed by atoms with Crippen molar-refractivity contribution in [2.24, 2.45) is 11.7 Å². The lowest BCUT2D eigenvalue weighted by atomic mass is 10.1. The van der Waals surface area contributed by atoms with Gasteiger partial charge in [-0.3, -0.25) is 10.4 Å². The molecule has 3 rings (SSSR count). The monoisotopic (exact) mass is 397 g/mol. The molecule has 1 aromatic heterocycles. The Morgan fingerprint density at radius 3 is 2.75 bits per heavy atom. The molecule has 0 atom stereocenters. The van der Waals surface area contributed by atoms with E-state index in [1.165, 1.54) is 0 Å². The lowest BCUT2D eigenvalue weighted by Gasteiger charge is -2.21. The van der Waals surface area contributed by atoms with Crippen molar-refractivity contribution < 1.29 is 9.53 Å². The maximum Gasteiger partial charge on any atom is 0.350 e. The minimum Gasteiger partial charge on any atom is -0.489 e. The Kier molecular flexibility index (Phi) is 6.10. The van der Waals surface area contributed by atoms with Crippen LogP contribution in [0.1, 0.15) is 11.1 Å². The van der Waals surface area contributed by atoms with Crippen LogP contribution in [0, 0.1) is 6.92 Å². The molecule has 0 aliphatic heterocycles. The summed E-state index contributed by atoms with van der Waals surface area (Å²) in [6.45, 7) is 2.13. The summed E-state index contributed by atoms with van der Waals surface area (Å²) in [5, 5.41) is 1.59. The van der Waals surface area contributed by atoms with Gasteiger partial charge in [-0.15, -0.1) is 0 Å². The molecule has 144 valence electrons. The molecular weight excluding hydrogens is 378 g/mol. The second kappa shape index (κ2) is 8.71. The van der Waals surface area contributed by atoms with Crippen molar-refractivity contribution in [3.8, 4) is 17.0 Å². The van der Waals surface area contributed by atoms with Gasteiger partial charge in [0.2, 0.25) is 0 Å². The number of halogens is 1. The molecule has 2 aromatic carbocycles. The van der Waals surface area contributed by atoms with Crippen molar-refractivity contribution in [3.05, 3.63) is 76.9 Å². The highest BCUT2D eigenvalue weighted by atomic mass is 35.5. The predicted molar refractivity (Wildman–Crippen MR) is 110 cm³/mol. The summed E-state index contributed by atoms with van der Waals surface area (Å²) in [6.07, 6.45) is 1.67. The largest absolute Gasteiger partial charge is 0.489 e.